The van der Waals surface area contributed by atoms with Crippen molar-refractivity contribution >= 4 is 28.9 Å². The molecule has 2 aliphatic rings. The van der Waals surface area contributed by atoms with Crippen LogP contribution in [0.2, 0.25) is 0 Å². The van der Waals surface area contributed by atoms with Gasteiger partial charge >= 0.3 is 0 Å². The summed E-state index contributed by atoms with van der Waals surface area (Å²) in [6.07, 6.45) is 3.96. The number of fused-ring (bicyclic) bond motifs is 1. The number of hydrogen-bond acceptors (Lipinski definition) is 7. The van der Waals surface area contributed by atoms with E-state index in [0.717, 1.165) is 6.42 Å². The van der Waals surface area contributed by atoms with Gasteiger partial charge < -0.3 is 25.6 Å². The van der Waals surface area contributed by atoms with Gasteiger partial charge in [-0.05, 0) is 37.8 Å². The number of aromatic nitrogens is 4. The Balaban J connectivity index is 1.48. The van der Waals surface area contributed by atoms with Gasteiger partial charge in [0.25, 0.3) is 11.5 Å². The third-order valence-corrected chi connectivity index (χ3v) is 6.28. The summed E-state index contributed by atoms with van der Waals surface area (Å²) in [6.45, 7) is 0. The van der Waals surface area contributed by atoms with E-state index in [1.54, 1.807) is 31.4 Å². The molecule has 2 aliphatic carbocycles. The number of rotatable bonds is 6. The van der Waals surface area contributed by atoms with Crippen LogP contribution in [-0.2, 0) is 0 Å². The fourth-order valence-corrected chi connectivity index (χ4v) is 4.03. The van der Waals surface area contributed by atoms with Gasteiger partial charge in [-0.1, -0.05) is 0 Å². The molecule has 4 N–H and O–H groups in total. The third-order valence-electron chi connectivity index (χ3n) is 6.28. The second-order valence-corrected chi connectivity index (χ2v) is 8.21. The number of nitrogens with zero attached hydrogens (tertiary/aromatic N) is 4. The minimum Gasteiger partial charge on any atom is -0.391 e. The van der Waals surface area contributed by atoms with Gasteiger partial charge in [0.1, 0.15) is 29.1 Å². The van der Waals surface area contributed by atoms with Crippen LogP contribution in [0.1, 0.15) is 42.1 Å². The second kappa shape index (κ2) is 7.90. The molecule has 32 heavy (non-hydrogen) atoms. The summed E-state index contributed by atoms with van der Waals surface area (Å²) in [5.74, 6) is 0.446. The molecule has 0 radical (unpaired) electrons. The van der Waals surface area contributed by atoms with E-state index < -0.39 is 24.2 Å². The van der Waals surface area contributed by atoms with E-state index in [0.29, 0.717) is 36.6 Å². The van der Waals surface area contributed by atoms with Crippen molar-refractivity contribution in [3.05, 3.63) is 46.5 Å². The smallest absolute Gasteiger partial charge is 0.274 e. The van der Waals surface area contributed by atoms with E-state index >= 15 is 0 Å². The first-order valence-corrected chi connectivity index (χ1v) is 10.6. The molecule has 5 rings (SSSR count). The van der Waals surface area contributed by atoms with Crippen molar-refractivity contribution in [3.8, 4) is 0 Å². The fourth-order valence-electron chi connectivity index (χ4n) is 4.03. The Morgan fingerprint density at radius 3 is 2.75 bits per heavy atom. The number of amides is 1. The normalized spacial score (nSPS) is 24.5. The predicted molar refractivity (Wildman–Crippen MR) is 116 cm³/mol. The summed E-state index contributed by atoms with van der Waals surface area (Å²) in [6, 6.07) is 4.31. The van der Waals surface area contributed by atoms with Crippen molar-refractivity contribution in [1.29, 1.82) is 0 Å². The van der Waals surface area contributed by atoms with Crippen LogP contribution in [0.25, 0.3) is 5.65 Å². The van der Waals surface area contributed by atoms with Gasteiger partial charge in [-0.25, -0.2) is 9.37 Å². The molecule has 2 fully saturated rings. The second-order valence-electron chi connectivity index (χ2n) is 8.21. The minimum absolute atomic E-state index is 0.215. The average Bonchev–Trinajstić information content (AvgIpc) is 3.21. The standard InChI is InChI=1S/C21H24FN7O3/c1-23-18-9-17(25-14-3-2-8-28(21(14)32)15-6-7-16(15)30)27-19-11(10-24-29(18)19)20(31)26-13-5-4-12(13)22/h2-3,8-10,12-13,15-16,23,30H,4-7H2,1H3,(H,25,27)(H,26,31)/t12-,13?,15-,16+/m0/s1. The number of aliphatic hydroxyl groups is 1. The van der Waals surface area contributed by atoms with Gasteiger partial charge in [0.2, 0.25) is 0 Å². The lowest BCUT2D eigenvalue weighted by molar-refractivity contribution is 0.0300. The number of alkyl halides is 1. The zero-order valence-electron chi connectivity index (χ0n) is 17.5. The molecule has 4 atom stereocenters. The van der Waals surface area contributed by atoms with E-state index in [-0.39, 0.29) is 22.8 Å². The van der Waals surface area contributed by atoms with Gasteiger partial charge in [0, 0.05) is 19.3 Å². The zero-order valence-corrected chi connectivity index (χ0v) is 17.5. The van der Waals surface area contributed by atoms with Crippen LogP contribution in [-0.4, -0.2) is 55.5 Å². The van der Waals surface area contributed by atoms with Crippen molar-refractivity contribution in [3.63, 3.8) is 0 Å². The number of nitrogens with one attached hydrogen (secondary N) is 3. The van der Waals surface area contributed by atoms with Gasteiger partial charge in [0.15, 0.2) is 5.65 Å². The van der Waals surface area contributed by atoms with Crippen LogP contribution in [0.15, 0.2) is 35.4 Å². The first-order valence-electron chi connectivity index (χ1n) is 10.6. The van der Waals surface area contributed by atoms with E-state index in [1.807, 2.05) is 0 Å². The van der Waals surface area contributed by atoms with Crippen LogP contribution < -0.4 is 21.5 Å². The minimum atomic E-state index is -1.03. The molecule has 168 valence electrons. The van der Waals surface area contributed by atoms with Crippen molar-refractivity contribution < 1.29 is 14.3 Å². The Hall–Kier alpha value is -3.47. The highest BCUT2D eigenvalue weighted by molar-refractivity contribution is 6.00. The van der Waals surface area contributed by atoms with Crippen LogP contribution in [0.5, 0.6) is 0 Å². The Morgan fingerprint density at radius 2 is 2.12 bits per heavy atom. The highest BCUT2D eigenvalue weighted by Crippen LogP contribution is 2.31. The molecule has 3 aromatic heterocycles. The van der Waals surface area contributed by atoms with E-state index in [9.17, 15) is 19.1 Å². The summed E-state index contributed by atoms with van der Waals surface area (Å²) < 4.78 is 16.6. The summed E-state index contributed by atoms with van der Waals surface area (Å²) in [4.78, 5) is 30.1. The molecule has 1 unspecified atom stereocenters. The molecular weight excluding hydrogens is 417 g/mol. The molecule has 3 heterocycles. The highest BCUT2D eigenvalue weighted by Gasteiger charge is 2.33. The maximum atomic E-state index is 13.6. The average molecular weight is 441 g/mol. The Labute approximate surface area is 182 Å². The van der Waals surface area contributed by atoms with Crippen LogP contribution in [0.3, 0.4) is 0 Å². The van der Waals surface area contributed by atoms with Crippen LogP contribution in [0.4, 0.5) is 21.7 Å². The predicted octanol–water partition coefficient (Wildman–Crippen LogP) is 1.60. The molecule has 2 saturated carbocycles. The Kier molecular flexibility index (Phi) is 5.04. The summed E-state index contributed by atoms with van der Waals surface area (Å²) in [7, 11) is 1.70. The molecule has 11 heteroatoms. The van der Waals surface area contributed by atoms with Crippen molar-refractivity contribution in [2.24, 2.45) is 0 Å². The molecule has 0 aromatic carbocycles. The van der Waals surface area contributed by atoms with Crippen molar-refractivity contribution in [2.45, 2.75) is 50.0 Å². The molecule has 0 saturated heterocycles. The molecular formula is C21H24FN7O3. The molecule has 0 spiro atoms. The topological polar surface area (TPSA) is 126 Å². The lowest BCUT2D eigenvalue weighted by Crippen LogP contribution is -2.48. The zero-order chi connectivity index (χ0) is 22.4. The summed E-state index contributed by atoms with van der Waals surface area (Å²) in [5, 5.41) is 22.9. The lowest BCUT2D eigenvalue weighted by Gasteiger charge is -2.34. The fraction of sp³-hybridized carbons (Fsp3) is 0.429. The first-order chi connectivity index (χ1) is 15.5. The molecule has 10 nitrogen and oxygen atoms in total. The number of carbonyl (C=O) groups is 1. The largest absolute Gasteiger partial charge is 0.391 e. The third kappa shape index (κ3) is 3.38. The van der Waals surface area contributed by atoms with E-state index in [4.69, 9.17) is 0 Å². The molecule has 0 bridgehead atoms. The lowest BCUT2D eigenvalue weighted by atomic mass is 9.89. The quantitative estimate of drug-likeness (QED) is 0.458. The van der Waals surface area contributed by atoms with Gasteiger partial charge in [-0.3, -0.25) is 9.59 Å². The summed E-state index contributed by atoms with van der Waals surface area (Å²) in [5.41, 5.74) is 0.518. The van der Waals surface area contributed by atoms with E-state index in [2.05, 4.69) is 26.0 Å². The molecule has 3 aromatic rings. The van der Waals surface area contributed by atoms with Crippen LogP contribution in [0, 0.1) is 0 Å². The first kappa shape index (κ1) is 20.4. The number of hydrogen-bond donors (Lipinski definition) is 4. The van der Waals surface area contributed by atoms with E-state index in [1.165, 1.54) is 15.3 Å². The number of aliphatic hydroxyl groups excluding tert-OH is 1. The van der Waals surface area contributed by atoms with Crippen LogP contribution >= 0.6 is 0 Å². The number of anilines is 3. The number of halogens is 1. The SMILES string of the molecule is CNc1cc(Nc2cccn([C@H]3CC[C@H]3O)c2=O)nc2c(C(=O)NC3CC[C@@H]3F)cnn12. The molecule has 1 amide bonds. The monoisotopic (exact) mass is 441 g/mol. The Morgan fingerprint density at radius 1 is 1.28 bits per heavy atom. The van der Waals surface area contributed by atoms with Gasteiger partial charge in [0.05, 0.1) is 24.4 Å². The molecule has 0 aliphatic heterocycles. The number of carbonyl (C=O) groups excluding carboxylic acids is 1. The number of pyridine rings is 1. The van der Waals surface area contributed by atoms with Crippen molar-refractivity contribution in [1.82, 2.24) is 24.5 Å². The summed E-state index contributed by atoms with van der Waals surface area (Å²) >= 11 is 0. The Bertz CT molecular complexity index is 1240. The highest BCUT2D eigenvalue weighted by atomic mass is 19.1. The van der Waals surface area contributed by atoms with Gasteiger partial charge in [-0.15, -0.1) is 0 Å². The maximum absolute atomic E-state index is 13.6. The van der Waals surface area contributed by atoms with Gasteiger partial charge in [-0.2, -0.15) is 9.61 Å². The van der Waals surface area contributed by atoms with Crippen molar-refractivity contribution in [2.75, 3.05) is 17.7 Å². The maximum Gasteiger partial charge on any atom is 0.274 e.